The lowest BCUT2D eigenvalue weighted by Crippen LogP contribution is -2.36. The molecule has 0 bridgehead atoms. The van der Waals surface area contributed by atoms with Crippen molar-refractivity contribution in [3.63, 3.8) is 0 Å². The van der Waals surface area contributed by atoms with Gasteiger partial charge in [-0.05, 0) is 43.6 Å². The second-order valence-electron chi connectivity index (χ2n) is 6.90. The van der Waals surface area contributed by atoms with Crippen LogP contribution in [0.2, 0.25) is 0 Å². The Hall–Kier alpha value is -2.86. The van der Waals surface area contributed by atoms with E-state index in [1.54, 1.807) is 23.3 Å². The minimum absolute atomic E-state index is 0.0748. The van der Waals surface area contributed by atoms with Crippen LogP contribution in [0.3, 0.4) is 0 Å². The highest BCUT2D eigenvalue weighted by molar-refractivity contribution is 5.93. The molecule has 1 amide bonds. The smallest absolute Gasteiger partial charge is 0.254 e. The third-order valence-electron chi connectivity index (χ3n) is 4.99. The van der Waals surface area contributed by atoms with Gasteiger partial charge in [0, 0.05) is 12.7 Å². The molecule has 0 spiro atoms. The number of carbonyl (C=O) groups is 1. The van der Waals surface area contributed by atoms with Gasteiger partial charge in [0.15, 0.2) is 0 Å². The zero-order chi connectivity index (χ0) is 18.5. The SMILES string of the molecule is O=C(NCC(c1ccco1)N1CCCC1)c1cnn(Cc2ccccc2)c1. The molecule has 6 heteroatoms. The summed E-state index contributed by atoms with van der Waals surface area (Å²) in [6.07, 6.45) is 7.48. The average Bonchev–Trinajstić information content (AvgIpc) is 3.46. The Morgan fingerprint density at radius 2 is 1.96 bits per heavy atom. The molecule has 0 radical (unpaired) electrons. The van der Waals surface area contributed by atoms with Crippen LogP contribution in [0.15, 0.2) is 65.5 Å². The lowest BCUT2D eigenvalue weighted by atomic mass is 10.2. The summed E-state index contributed by atoms with van der Waals surface area (Å²) in [7, 11) is 0. The number of nitrogens with one attached hydrogen (secondary N) is 1. The van der Waals surface area contributed by atoms with Crippen LogP contribution in [-0.4, -0.2) is 40.2 Å². The van der Waals surface area contributed by atoms with E-state index in [2.05, 4.69) is 15.3 Å². The van der Waals surface area contributed by atoms with Gasteiger partial charge < -0.3 is 9.73 Å². The van der Waals surface area contributed by atoms with E-state index in [0.29, 0.717) is 18.7 Å². The molecule has 1 saturated heterocycles. The maximum absolute atomic E-state index is 12.6. The summed E-state index contributed by atoms with van der Waals surface area (Å²) in [5.74, 6) is 0.794. The van der Waals surface area contributed by atoms with Crippen molar-refractivity contribution in [3.8, 4) is 0 Å². The molecule has 3 aromatic rings. The van der Waals surface area contributed by atoms with Crippen LogP contribution in [0, 0.1) is 0 Å². The normalized spacial score (nSPS) is 15.7. The molecule has 3 heterocycles. The first-order valence-electron chi connectivity index (χ1n) is 9.41. The number of nitrogens with zero attached hydrogens (tertiary/aromatic N) is 3. The van der Waals surface area contributed by atoms with E-state index in [4.69, 9.17) is 4.42 Å². The van der Waals surface area contributed by atoms with E-state index < -0.39 is 0 Å². The summed E-state index contributed by atoms with van der Waals surface area (Å²) < 4.78 is 7.39. The molecule has 0 aliphatic carbocycles. The molecule has 140 valence electrons. The zero-order valence-electron chi connectivity index (χ0n) is 15.3. The van der Waals surface area contributed by atoms with Gasteiger partial charge in [0.25, 0.3) is 5.91 Å². The van der Waals surface area contributed by atoms with Crippen molar-refractivity contribution in [2.75, 3.05) is 19.6 Å². The highest BCUT2D eigenvalue weighted by Gasteiger charge is 2.26. The summed E-state index contributed by atoms with van der Waals surface area (Å²) in [5.41, 5.74) is 1.73. The number of aromatic nitrogens is 2. The monoisotopic (exact) mass is 364 g/mol. The minimum atomic E-state index is -0.106. The lowest BCUT2D eigenvalue weighted by Gasteiger charge is -2.25. The van der Waals surface area contributed by atoms with Gasteiger partial charge in [-0.25, -0.2) is 0 Å². The Balaban J connectivity index is 1.38. The quantitative estimate of drug-likeness (QED) is 0.700. The fraction of sp³-hybridized carbons (Fsp3) is 0.333. The first-order chi connectivity index (χ1) is 13.3. The number of hydrogen-bond donors (Lipinski definition) is 1. The van der Waals surface area contributed by atoms with Crippen LogP contribution >= 0.6 is 0 Å². The van der Waals surface area contributed by atoms with Gasteiger partial charge in [-0.2, -0.15) is 5.10 Å². The highest BCUT2D eigenvalue weighted by Crippen LogP contribution is 2.25. The molecular weight excluding hydrogens is 340 g/mol. The minimum Gasteiger partial charge on any atom is -0.468 e. The van der Waals surface area contributed by atoms with Crippen molar-refractivity contribution in [1.29, 1.82) is 0 Å². The Morgan fingerprint density at radius 1 is 1.15 bits per heavy atom. The zero-order valence-corrected chi connectivity index (χ0v) is 15.3. The van der Waals surface area contributed by atoms with E-state index in [-0.39, 0.29) is 11.9 Å². The van der Waals surface area contributed by atoms with Gasteiger partial charge in [-0.1, -0.05) is 30.3 Å². The predicted molar refractivity (Wildman–Crippen MR) is 102 cm³/mol. The Labute approximate surface area is 158 Å². The lowest BCUT2D eigenvalue weighted by molar-refractivity contribution is 0.0933. The Kier molecular flexibility index (Phi) is 5.34. The van der Waals surface area contributed by atoms with Crippen molar-refractivity contribution in [3.05, 3.63) is 78.0 Å². The first kappa shape index (κ1) is 17.5. The summed E-state index contributed by atoms with van der Waals surface area (Å²) >= 11 is 0. The second kappa shape index (κ2) is 8.22. The summed E-state index contributed by atoms with van der Waals surface area (Å²) in [5, 5.41) is 7.36. The number of likely N-dealkylation sites (tertiary alicyclic amines) is 1. The van der Waals surface area contributed by atoms with E-state index >= 15 is 0 Å². The molecule has 27 heavy (non-hydrogen) atoms. The summed E-state index contributed by atoms with van der Waals surface area (Å²) in [6.45, 7) is 3.25. The molecule has 0 saturated carbocycles. The fourth-order valence-corrected chi connectivity index (χ4v) is 3.57. The third kappa shape index (κ3) is 4.28. The number of amides is 1. The van der Waals surface area contributed by atoms with Crippen LogP contribution in [0.5, 0.6) is 0 Å². The van der Waals surface area contributed by atoms with E-state index in [9.17, 15) is 4.79 Å². The van der Waals surface area contributed by atoms with Crippen molar-refractivity contribution < 1.29 is 9.21 Å². The molecule has 1 atom stereocenters. The van der Waals surface area contributed by atoms with Gasteiger partial charge in [-0.15, -0.1) is 0 Å². The van der Waals surface area contributed by atoms with E-state index in [1.165, 1.54) is 12.8 Å². The van der Waals surface area contributed by atoms with Crippen LogP contribution in [0.1, 0.15) is 40.6 Å². The standard InChI is InChI=1S/C21H24N4O2/c26-21(18-13-23-25(16-18)15-17-7-2-1-3-8-17)22-14-19(20-9-6-12-27-20)24-10-4-5-11-24/h1-3,6-9,12-13,16,19H,4-5,10-11,14-15H2,(H,22,26). The highest BCUT2D eigenvalue weighted by atomic mass is 16.3. The van der Waals surface area contributed by atoms with Crippen molar-refractivity contribution in [2.45, 2.75) is 25.4 Å². The maximum Gasteiger partial charge on any atom is 0.254 e. The first-order valence-corrected chi connectivity index (χ1v) is 9.41. The van der Waals surface area contributed by atoms with Crippen molar-refractivity contribution in [2.24, 2.45) is 0 Å². The van der Waals surface area contributed by atoms with E-state index in [1.807, 2.05) is 42.5 Å². The largest absolute Gasteiger partial charge is 0.468 e. The van der Waals surface area contributed by atoms with Crippen LogP contribution in [-0.2, 0) is 6.54 Å². The summed E-state index contributed by atoms with van der Waals surface area (Å²) in [4.78, 5) is 15.0. The fourth-order valence-electron chi connectivity index (χ4n) is 3.57. The molecule has 2 aromatic heterocycles. The number of hydrogen-bond acceptors (Lipinski definition) is 4. The van der Waals surface area contributed by atoms with Crippen molar-refractivity contribution >= 4 is 5.91 Å². The molecule has 1 aromatic carbocycles. The number of carbonyl (C=O) groups excluding carboxylic acids is 1. The van der Waals surface area contributed by atoms with Gasteiger partial charge >= 0.3 is 0 Å². The number of rotatable bonds is 7. The van der Waals surface area contributed by atoms with E-state index in [0.717, 1.165) is 24.4 Å². The Morgan fingerprint density at radius 3 is 2.70 bits per heavy atom. The number of benzene rings is 1. The van der Waals surface area contributed by atoms with Gasteiger partial charge in [0.2, 0.25) is 0 Å². The molecule has 1 fully saturated rings. The Bertz CT molecular complexity index is 851. The molecule has 1 aliphatic heterocycles. The molecule has 1 N–H and O–H groups in total. The van der Waals surface area contributed by atoms with Gasteiger partial charge in [0.05, 0.1) is 30.6 Å². The number of furan rings is 1. The molecular formula is C21H24N4O2. The maximum atomic E-state index is 12.6. The average molecular weight is 364 g/mol. The summed E-state index contributed by atoms with van der Waals surface area (Å²) in [6, 6.07) is 14.0. The van der Waals surface area contributed by atoms with Crippen LogP contribution < -0.4 is 5.32 Å². The third-order valence-corrected chi connectivity index (χ3v) is 4.99. The van der Waals surface area contributed by atoms with Crippen LogP contribution in [0.25, 0.3) is 0 Å². The molecule has 6 nitrogen and oxygen atoms in total. The van der Waals surface area contributed by atoms with Crippen molar-refractivity contribution in [1.82, 2.24) is 20.0 Å². The predicted octanol–water partition coefficient (Wildman–Crippen LogP) is 3.09. The molecule has 1 aliphatic rings. The van der Waals surface area contributed by atoms with Gasteiger partial charge in [-0.3, -0.25) is 14.4 Å². The van der Waals surface area contributed by atoms with Gasteiger partial charge in [0.1, 0.15) is 5.76 Å². The van der Waals surface area contributed by atoms with Crippen LogP contribution in [0.4, 0.5) is 0 Å². The molecule has 1 unspecified atom stereocenters. The molecule has 4 rings (SSSR count). The second-order valence-corrected chi connectivity index (χ2v) is 6.90. The topological polar surface area (TPSA) is 63.3 Å².